The predicted molar refractivity (Wildman–Crippen MR) is 66.1 cm³/mol. The average Bonchev–Trinajstić information content (AvgIpc) is 2.64. The van der Waals surface area contributed by atoms with Gasteiger partial charge in [0.2, 0.25) is 5.91 Å². The minimum absolute atomic E-state index is 0.0503. The Kier molecular flexibility index (Phi) is 3.33. The van der Waals surface area contributed by atoms with Crippen LogP contribution in [0.4, 0.5) is 5.69 Å². The van der Waals surface area contributed by atoms with E-state index in [1.165, 1.54) is 5.01 Å². The maximum Gasteiger partial charge on any atom is 0.243 e. The van der Waals surface area contributed by atoms with E-state index >= 15 is 0 Å². The molecule has 2 unspecified atom stereocenters. The number of para-hydroxylation sites is 1. The number of carbonyl (C=O) groups excluding carboxylic acids is 1. The highest BCUT2D eigenvalue weighted by atomic mass is 16.3. The Labute approximate surface area is 101 Å². The number of nitrogens with zero attached hydrogens (tertiary/aromatic N) is 2. The fourth-order valence-corrected chi connectivity index (χ4v) is 2.27. The van der Waals surface area contributed by atoms with E-state index < -0.39 is 6.23 Å². The van der Waals surface area contributed by atoms with Crippen molar-refractivity contribution >= 4 is 11.6 Å². The number of amides is 1. The molecule has 1 saturated heterocycles. The molecular weight excluding hydrogens is 216 g/mol. The van der Waals surface area contributed by atoms with E-state index in [0.717, 1.165) is 5.69 Å². The number of aliphatic hydroxyl groups is 1. The van der Waals surface area contributed by atoms with Gasteiger partial charge in [0.15, 0.2) is 6.23 Å². The molecule has 1 aromatic carbocycles. The predicted octanol–water partition coefficient (Wildman–Crippen LogP) is 1.76. The number of anilines is 1. The summed E-state index contributed by atoms with van der Waals surface area (Å²) in [4.78, 5) is 11.9. The quantitative estimate of drug-likeness (QED) is 0.848. The Hall–Kier alpha value is -1.55. The van der Waals surface area contributed by atoms with Gasteiger partial charge in [0.25, 0.3) is 0 Å². The van der Waals surface area contributed by atoms with Gasteiger partial charge in [-0.3, -0.25) is 9.80 Å². The molecule has 0 radical (unpaired) electrons. The Morgan fingerprint density at radius 1 is 1.41 bits per heavy atom. The van der Waals surface area contributed by atoms with Gasteiger partial charge in [0, 0.05) is 12.8 Å². The number of carbonyl (C=O) groups is 1. The van der Waals surface area contributed by atoms with Crippen LogP contribution in [0.2, 0.25) is 0 Å². The van der Waals surface area contributed by atoms with Crippen LogP contribution in [0.25, 0.3) is 0 Å². The largest absolute Gasteiger partial charge is 0.372 e. The van der Waals surface area contributed by atoms with Crippen molar-refractivity contribution in [3.63, 3.8) is 0 Å². The summed E-state index contributed by atoms with van der Waals surface area (Å²) in [7, 11) is 0. The SMILES string of the molecule is CCC(=O)N1C(O)CC(C)N1c1ccccc1. The van der Waals surface area contributed by atoms with Gasteiger partial charge in [-0.25, -0.2) is 5.01 Å². The van der Waals surface area contributed by atoms with Crippen LogP contribution in [0.1, 0.15) is 26.7 Å². The molecule has 4 heteroatoms. The van der Waals surface area contributed by atoms with E-state index in [0.29, 0.717) is 12.8 Å². The van der Waals surface area contributed by atoms with Crippen LogP contribution < -0.4 is 5.01 Å². The summed E-state index contributed by atoms with van der Waals surface area (Å²) >= 11 is 0. The van der Waals surface area contributed by atoms with Crippen molar-refractivity contribution in [2.24, 2.45) is 0 Å². The molecule has 0 aliphatic carbocycles. The number of aliphatic hydroxyl groups excluding tert-OH is 1. The lowest BCUT2D eigenvalue weighted by atomic mass is 10.2. The third-order valence-corrected chi connectivity index (χ3v) is 3.06. The first-order valence-corrected chi connectivity index (χ1v) is 5.99. The maximum absolute atomic E-state index is 11.9. The zero-order valence-corrected chi connectivity index (χ0v) is 10.2. The second-order valence-corrected chi connectivity index (χ2v) is 4.34. The van der Waals surface area contributed by atoms with Crippen LogP contribution in [0, 0.1) is 0 Å². The molecule has 0 aromatic heterocycles. The zero-order chi connectivity index (χ0) is 12.4. The first-order valence-electron chi connectivity index (χ1n) is 5.99. The zero-order valence-electron chi connectivity index (χ0n) is 10.2. The number of hydrogen-bond acceptors (Lipinski definition) is 3. The standard InChI is InChI=1S/C13H18N2O2/c1-3-12(16)15-13(17)9-10(2)14(15)11-7-5-4-6-8-11/h4-8,10,13,17H,3,9H2,1-2H3. The highest BCUT2D eigenvalue weighted by molar-refractivity contribution is 5.78. The van der Waals surface area contributed by atoms with Crippen molar-refractivity contribution in [2.45, 2.75) is 39.0 Å². The summed E-state index contributed by atoms with van der Waals surface area (Å²) in [5, 5.41) is 13.3. The Morgan fingerprint density at radius 3 is 2.65 bits per heavy atom. The molecule has 1 amide bonds. The topological polar surface area (TPSA) is 43.8 Å². The van der Waals surface area contributed by atoms with Gasteiger partial charge in [-0.2, -0.15) is 0 Å². The molecule has 2 atom stereocenters. The highest BCUT2D eigenvalue weighted by Crippen LogP contribution is 2.29. The summed E-state index contributed by atoms with van der Waals surface area (Å²) in [6, 6.07) is 9.83. The highest BCUT2D eigenvalue weighted by Gasteiger charge is 2.38. The smallest absolute Gasteiger partial charge is 0.243 e. The number of hydrazine groups is 1. The van der Waals surface area contributed by atoms with Crippen molar-refractivity contribution in [3.8, 4) is 0 Å². The van der Waals surface area contributed by atoms with Gasteiger partial charge in [0.1, 0.15) is 0 Å². The van der Waals surface area contributed by atoms with Gasteiger partial charge in [-0.1, -0.05) is 25.1 Å². The van der Waals surface area contributed by atoms with Gasteiger partial charge in [-0.15, -0.1) is 0 Å². The van der Waals surface area contributed by atoms with Crippen molar-refractivity contribution in [1.82, 2.24) is 5.01 Å². The van der Waals surface area contributed by atoms with E-state index in [2.05, 4.69) is 0 Å². The summed E-state index contributed by atoms with van der Waals surface area (Å²) in [6.45, 7) is 3.82. The van der Waals surface area contributed by atoms with E-state index in [-0.39, 0.29) is 11.9 Å². The lowest BCUT2D eigenvalue weighted by Gasteiger charge is -2.33. The lowest BCUT2D eigenvalue weighted by Crippen LogP contribution is -2.47. The van der Waals surface area contributed by atoms with Crippen LogP contribution in [-0.2, 0) is 4.79 Å². The summed E-state index contributed by atoms with van der Waals surface area (Å²) in [5.41, 5.74) is 0.943. The molecule has 92 valence electrons. The summed E-state index contributed by atoms with van der Waals surface area (Å²) < 4.78 is 0. The number of hydrogen-bond donors (Lipinski definition) is 1. The third-order valence-electron chi connectivity index (χ3n) is 3.06. The van der Waals surface area contributed by atoms with Crippen LogP contribution in [0.15, 0.2) is 30.3 Å². The Bertz CT molecular complexity index is 394. The molecule has 1 aliphatic rings. The van der Waals surface area contributed by atoms with Crippen molar-refractivity contribution < 1.29 is 9.90 Å². The van der Waals surface area contributed by atoms with E-state index in [1.807, 2.05) is 42.3 Å². The van der Waals surface area contributed by atoms with Crippen molar-refractivity contribution in [3.05, 3.63) is 30.3 Å². The van der Waals surface area contributed by atoms with Gasteiger partial charge in [-0.05, 0) is 19.1 Å². The molecule has 1 aromatic rings. The van der Waals surface area contributed by atoms with Crippen molar-refractivity contribution in [1.29, 1.82) is 0 Å². The average molecular weight is 234 g/mol. The summed E-state index contributed by atoms with van der Waals surface area (Å²) in [5.74, 6) is -0.0503. The van der Waals surface area contributed by atoms with Crippen LogP contribution >= 0.6 is 0 Å². The molecule has 1 aliphatic heterocycles. The monoisotopic (exact) mass is 234 g/mol. The number of benzene rings is 1. The molecule has 0 saturated carbocycles. The first kappa shape index (κ1) is 11.9. The minimum atomic E-state index is -0.711. The van der Waals surface area contributed by atoms with E-state index in [1.54, 1.807) is 6.92 Å². The van der Waals surface area contributed by atoms with Gasteiger partial charge < -0.3 is 5.11 Å². The normalized spacial score (nSPS) is 24.2. The fraction of sp³-hybridized carbons (Fsp3) is 0.462. The molecule has 0 spiro atoms. The van der Waals surface area contributed by atoms with Gasteiger partial charge in [0.05, 0.1) is 11.7 Å². The molecule has 17 heavy (non-hydrogen) atoms. The first-order chi connectivity index (χ1) is 8.15. The molecule has 1 heterocycles. The van der Waals surface area contributed by atoms with Crippen LogP contribution in [-0.4, -0.2) is 28.3 Å². The van der Waals surface area contributed by atoms with Gasteiger partial charge >= 0.3 is 0 Å². The van der Waals surface area contributed by atoms with E-state index in [9.17, 15) is 9.90 Å². The van der Waals surface area contributed by atoms with Crippen molar-refractivity contribution in [2.75, 3.05) is 5.01 Å². The Morgan fingerprint density at radius 2 is 2.06 bits per heavy atom. The van der Waals surface area contributed by atoms with E-state index in [4.69, 9.17) is 0 Å². The molecule has 1 N–H and O–H groups in total. The molecule has 0 bridgehead atoms. The maximum atomic E-state index is 11.9. The lowest BCUT2D eigenvalue weighted by molar-refractivity contribution is -0.138. The molecule has 1 fully saturated rings. The summed E-state index contributed by atoms with van der Waals surface area (Å²) in [6.07, 6.45) is 0.269. The van der Waals surface area contributed by atoms with Crippen LogP contribution in [0.3, 0.4) is 0 Å². The molecule has 2 rings (SSSR count). The second kappa shape index (κ2) is 4.75. The Balaban J connectivity index is 2.33. The third kappa shape index (κ3) is 2.13. The molecule has 4 nitrogen and oxygen atoms in total. The fourth-order valence-electron chi connectivity index (χ4n) is 2.27. The van der Waals surface area contributed by atoms with Crippen LogP contribution in [0.5, 0.6) is 0 Å². The molecular formula is C13H18N2O2. The second-order valence-electron chi connectivity index (χ2n) is 4.34. The number of rotatable bonds is 2. The minimum Gasteiger partial charge on any atom is -0.372 e.